The molecule has 4 aromatic heterocycles. The molecule has 9 heteroatoms. The maximum atomic E-state index is 5.77. The summed E-state index contributed by atoms with van der Waals surface area (Å²) in [5, 5.41) is 0. The van der Waals surface area contributed by atoms with Gasteiger partial charge in [0.25, 0.3) is 0 Å². The zero-order valence-electron chi connectivity index (χ0n) is 47.0. The second-order valence-corrected chi connectivity index (χ2v) is 21.5. The zero-order chi connectivity index (χ0) is 57.6. The van der Waals surface area contributed by atoms with E-state index in [1.54, 1.807) is 0 Å². The lowest BCUT2D eigenvalue weighted by Crippen LogP contribution is -2.08. The Morgan fingerprint density at radius 2 is 0.414 bits per heavy atom. The predicted molar refractivity (Wildman–Crippen MR) is 353 cm³/mol. The monoisotopic (exact) mass is 1110 g/mol. The number of benzene rings is 12. The summed E-state index contributed by atoms with van der Waals surface area (Å²) in [5.41, 5.74) is 19.5. The highest BCUT2D eigenvalue weighted by atomic mass is 15.1. The molecule has 0 saturated heterocycles. The summed E-state index contributed by atoms with van der Waals surface area (Å²) in [6, 6.07) is 107. The van der Waals surface area contributed by atoms with Crippen molar-refractivity contribution in [1.29, 1.82) is 0 Å². The second kappa shape index (κ2) is 21.7. The van der Waals surface area contributed by atoms with Crippen LogP contribution in [0.5, 0.6) is 0 Å². The molecule has 87 heavy (non-hydrogen) atoms. The molecule has 0 aliphatic heterocycles. The van der Waals surface area contributed by atoms with Gasteiger partial charge in [-0.15, -0.1) is 0 Å². The molecule has 16 rings (SSSR count). The van der Waals surface area contributed by atoms with Crippen LogP contribution in [0.15, 0.2) is 309 Å². The third-order valence-electron chi connectivity index (χ3n) is 16.2. The van der Waals surface area contributed by atoms with E-state index >= 15 is 0 Å². The van der Waals surface area contributed by atoms with Gasteiger partial charge in [0.1, 0.15) is 17.5 Å². The minimum absolute atomic E-state index is 0.468. The fourth-order valence-corrected chi connectivity index (χ4v) is 12.0. The largest absolute Gasteiger partial charge is 0.292 e. The van der Waals surface area contributed by atoms with E-state index in [0.717, 1.165) is 134 Å². The molecule has 9 nitrogen and oxygen atoms in total. The van der Waals surface area contributed by atoms with E-state index in [4.69, 9.17) is 29.9 Å². The van der Waals surface area contributed by atoms with Gasteiger partial charge in [-0.25, -0.2) is 29.9 Å². The fraction of sp³-hybridized carbons (Fsp3) is 0. The number of rotatable bonds is 12. The molecule has 0 unspecified atom stereocenters. The van der Waals surface area contributed by atoms with Crippen molar-refractivity contribution in [3.63, 3.8) is 0 Å². The molecule has 408 valence electrons. The van der Waals surface area contributed by atoms with Crippen molar-refractivity contribution < 1.29 is 0 Å². The number of nitrogens with zero attached hydrogens (tertiary/aromatic N) is 9. The molecular weight excluding hydrogens is 1060 g/mol. The van der Waals surface area contributed by atoms with Gasteiger partial charge in [0, 0.05) is 33.4 Å². The number of hydrogen-bond acceptors (Lipinski definition) is 6. The van der Waals surface area contributed by atoms with Crippen LogP contribution in [0.4, 0.5) is 0 Å². The number of para-hydroxylation sites is 6. The first-order valence-electron chi connectivity index (χ1n) is 29.1. The topological polar surface area (TPSA) is 92.1 Å². The lowest BCUT2D eigenvalue weighted by molar-refractivity contribution is 1.03. The fourth-order valence-electron chi connectivity index (χ4n) is 12.0. The highest BCUT2D eigenvalue weighted by Gasteiger charge is 2.27. The van der Waals surface area contributed by atoms with Crippen LogP contribution >= 0.6 is 0 Å². The second-order valence-electron chi connectivity index (χ2n) is 21.5. The molecule has 0 atom stereocenters. The molecular formula is C78H51N9. The maximum Gasteiger partial charge on any atom is 0.166 e. The smallest absolute Gasteiger partial charge is 0.166 e. The SMILES string of the molecule is c1ccc(-c2ccc(-c3nc(-c4ccc(-c5ccccc5)cc4-n4c(-c5ccccc5)nc5ccccc54)nc(-c4ccc(-c5ccccc5)cc4-n4c(-c5ccccc5)nc5ccccc54)n3)c(-n3c(-c4ccccc4)nc4ccccc43)c2)cc1. The molecule has 4 heterocycles. The third-order valence-corrected chi connectivity index (χ3v) is 16.2. The molecule has 0 amide bonds. The van der Waals surface area contributed by atoms with Gasteiger partial charge in [-0.3, -0.25) is 13.7 Å². The van der Waals surface area contributed by atoms with Crippen molar-refractivity contribution >= 4 is 33.1 Å². The number of hydrogen-bond donors (Lipinski definition) is 0. The van der Waals surface area contributed by atoms with Gasteiger partial charge in [0.15, 0.2) is 17.5 Å². The number of aromatic nitrogens is 9. The summed E-state index contributed by atoms with van der Waals surface area (Å²) in [6.07, 6.45) is 0. The normalized spacial score (nSPS) is 11.4. The van der Waals surface area contributed by atoms with Gasteiger partial charge in [-0.2, -0.15) is 0 Å². The van der Waals surface area contributed by atoms with E-state index in [1.165, 1.54) is 0 Å². The van der Waals surface area contributed by atoms with E-state index < -0.39 is 0 Å². The van der Waals surface area contributed by atoms with Gasteiger partial charge < -0.3 is 0 Å². The van der Waals surface area contributed by atoms with Crippen LogP contribution in [0.3, 0.4) is 0 Å². The highest BCUT2D eigenvalue weighted by molar-refractivity contribution is 5.92. The van der Waals surface area contributed by atoms with Crippen molar-refractivity contribution in [2.45, 2.75) is 0 Å². The molecule has 0 saturated carbocycles. The van der Waals surface area contributed by atoms with Crippen LogP contribution in [0.2, 0.25) is 0 Å². The van der Waals surface area contributed by atoms with Crippen LogP contribution in [0, 0.1) is 0 Å². The van der Waals surface area contributed by atoms with Crippen LogP contribution in [0.25, 0.3) is 152 Å². The van der Waals surface area contributed by atoms with E-state index in [2.05, 4.69) is 287 Å². The molecule has 0 aliphatic carbocycles. The lowest BCUT2D eigenvalue weighted by atomic mass is 9.99. The Morgan fingerprint density at radius 3 is 0.678 bits per heavy atom. The summed E-state index contributed by atoms with van der Waals surface area (Å²) in [5.74, 6) is 3.77. The van der Waals surface area contributed by atoms with Crippen LogP contribution < -0.4 is 0 Å². The first kappa shape index (κ1) is 50.8. The Hall–Kier alpha value is -11.9. The Bertz CT molecular complexity index is 4660. The van der Waals surface area contributed by atoms with Crippen LogP contribution in [0.1, 0.15) is 0 Å². The van der Waals surface area contributed by atoms with Crippen LogP contribution in [-0.4, -0.2) is 43.6 Å². The Balaban J connectivity index is 1.04. The molecule has 0 radical (unpaired) electrons. The van der Waals surface area contributed by atoms with Crippen molar-refractivity contribution in [2.75, 3.05) is 0 Å². The number of fused-ring (bicyclic) bond motifs is 3. The molecule has 0 N–H and O–H groups in total. The van der Waals surface area contributed by atoms with E-state index in [0.29, 0.717) is 17.5 Å². The predicted octanol–water partition coefficient (Wildman–Crippen LogP) is 18.9. The van der Waals surface area contributed by atoms with E-state index in [1.807, 2.05) is 36.4 Å². The summed E-state index contributed by atoms with van der Waals surface area (Å²) in [7, 11) is 0. The quantitative estimate of drug-likeness (QED) is 0.121. The summed E-state index contributed by atoms with van der Waals surface area (Å²) < 4.78 is 6.80. The first-order chi connectivity index (χ1) is 43.1. The van der Waals surface area contributed by atoms with E-state index in [9.17, 15) is 0 Å². The third kappa shape index (κ3) is 9.24. The first-order valence-corrected chi connectivity index (χ1v) is 29.1. The van der Waals surface area contributed by atoms with Crippen molar-refractivity contribution in [1.82, 2.24) is 43.6 Å². The van der Waals surface area contributed by atoms with Gasteiger partial charge in [0.2, 0.25) is 0 Å². The number of imidazole rings is 3. The Labute approximate surface area is 502 Å². The molecule has 0 fully saturated rings. The highest BCUT2D eigenvalue weighted by Crippen LogP contribution is 2.42. The Morgan fingerprint density at radius 1 is 0.184 bits per heavy atom. The molecule has 0 bridgehead atoms. The van der Waals surface area contributed by atoms with Crippen LogP contribution in [-0.2, 0) is 0 Å². The summed E-state index contributed by atoms with van der Waals surface area (Å²) in [6.45, 7) is 0. The standard InChI is InChI=1S/C78H51N9/c1-7-25-52(26-8-1)58-43-46-61(70(49-58)85-67-40-22-19-37-64(67)79-76(85)55-31-13-4-14-32-55)73-82-74(62-47-44-59(53-27-9-2-10-28-53)50-71(62)86-68-41-23-20-38-65(68)80-77(86)56-33-15-5-16-34-56)84-75(83-73)63-48-45-60(54-29-11-3-12-30-54)51-72(63)87-69-42-24-21-39-66(69)81-78(87)57-35-17-6-18-36-57/h1-51H. The minimum atomic E-state index is 0.468. The summed E-state index contributed by atoms with van der Waals surface area (Å²) >= 11 is 0. The lowest BCUT2D eigenvalue weighted by Gasteiger charge is -2.20. The average molecular weight is 1110 g/mol. The van der Waals surface area contributed by atoms with Gasteiger partial charge in [-0.1, -0.05) is 237 Å². The van der Waals surface area contributed by atoms with Crippen molar-refractivity contribution in [2.24, 2.45) is 0 Å². The molecule has 0 spiro atoms. The zero-order valence-corrected chi connectivity index (χ0v) is 47.0. The van der Waals surface area contributed by atoms with Crippen molar-refractivity contribution in [3.05, 3.63) is 309 Å². The summed E-state index contributed by atoms with van der Waals surface area (Å²) in [4.78, 5) is 33.5. The molecule has 16 aromatic rings. The molecule has 12 aromatic carbocycles. The molecule has 0 aliphatic rings. The van der Waals surface area contributed by atoms with Gasteiger partial charge >= 0.3 is 0 Å². The minimum Gasteiger partial charge on any atom is -0.292 e. The van der Waals surface area contributed by atoms with Gasteiger partial charge in [-0.05, 0) is 106 Å². The average Bonchev–Trinajstić information content (AvgIpc) is 2.24. The Kier molecular flexibility index (Phi) is 12.6. The van der Waals surface area contributed by atoms with E-state index in [-0.39, 0.29) is 0 Å². The maximum absolute atomic E-state index is 5.77. The van der Waals surface area contributed by atoms with Crippen molar-refractivity contribution in [3.8, 4) is 119 Å². The van der Waals surface area contributed by atoms with Gasteiger partial charge in [0.05, 0.1) is 50.2 Å².